The van der Waals surface area contributed by atoms with E-state index in [-0.39, 0.29) is 53.6 Å². The van der Waals surface area contributed by atoms with E-state index in [2.05, 4.69) is 0 Å². The fourth-order valence-corrected chi connectivity index (χ4v) is 5.65. The first-order chi connectivity index (χ1) is 18.1. The topological polar surface area (TPSA) is 181 Å². The molecule has 4 rings (SSSR count). The smallest absolute Gasteiger partial charge is 0.342 e. The van der Waals surface area contributed by atoms with E-state index in [0.717, 1.165) is 12.3 Å². The molecule has 1 aliphatic carbocycles. The highest BCUT2D eigenvalue weighted by Crippen LogP contribution is 2.44. The summed E-state index contributed by atoms with van der Waals surface area (Å²) >= 11 is 0. The molecule has 38 heavy (non-hydrogen) atoms. The molecule has 0 spiro atoms. The van der Waals surface area contributed by atoms with Crippen molar-refractivity contribution in [2.45, 2.75) is 70.3 Å². The van der Waals surface area contributed by atoms with Crippen molar-refractivity contribution in [2.24, 2.45) is 23.7 Å². The van der Waals surface area contributed by atoms with Gasteiger partial charge in [-0.05, 0) is 31.1 Å². The Labute approximate surface area is 220 Å². The molecule has 0 aromatic heterocycles. The third-order valence-electron chi connectivity index (χ3n) is 8.08. The van der Waals surface area contributed by atoms with Crippen molar-refractivity contribution in [3.63, 3.8) is 0 Å². The van der Waals surface area contributed by atoms with Crippen molar-refractivity contribution in [3.05, 3.63) is 35.1 Å². The lowest BCUT2D eigenvalue weighted by Crippen LogP contribution is -2.59. The summed E-state index contributed by atoms with van der Waals surface area (Å²) in [5, 5.41) is 49.6. The Balaban J connectivity index is 1.61. The maximum absolute atomic E-state index is 13.3. The second-order valence-corrected chi connectivity index (χ2v) is 10.3. The predicted molar refractivity (Wildman–Crippen MR) is 127 cm³/mol. The van der Waals surface area contributed by atoms with Crippen molar-refractivity contribution in [3.8, 4) is 0 Å². The van der Waals surface area contributed by atoms with E-state index < -0.39 is 61.6 Å². The Morgan fingerprint density at radius 1 is 1.13 bits per heavy atom. The van der Waals surface area contributed by atoms with Gasteiger partial charge < -0.3 is 49.2 Å². The van der Waals surface area contributed by atoms with E-state index in [0.29, 0.717) is 6.42 Å². The molecule has 2 fully saturated rings. The minimum Gasteiger partial charge on any atom is -0.467 e. The van der Waals surface area contributed by atoms with E-state index in [1.165, 1.54) is 0 Å². The Morgan fingerprint density at radius 3 is 2.53 bits per heavy atom. The second kappa shape index (κ2) is 11.8. The molecule has 0 aromatic rings. The second-order valence-electron chi connectivity index (χ2n) is 10.3. The maximum atomic E-state index is 13.3. The van der Waals surface area contributed by atoms with Gasteiger partial charge in [-0.3, -0.25) is 0 Å². The number of carbonyl (C=O) groups excluding carboxylic acids is 2. The van der Waals surface area contributed by atoms with Gasteiger partial charge in [0, 0.05) is 29.7 Å². The van der Waals surface area contributed by atoms with Crippen molar-refractivity contribution in [1.29, 1.82) is 0 Å². The van der Waals surface area contributed by atoms with Gasteiger partial charge in [0.2, 0.25) is 6.29 Å². The molecule has 0 amide bonds. The van der Waals surface area contributed by atoms with Crippen LogP contribution in [0, 0.1) is 23.7 Å². The van der Waals surface area contributed by atoms with Crippen molar-refractivity contribution < 1.29 is 58.8 Å². The molecule has 212 valence electrons. The van der Waals surface area contributed by atoms with Crippen LogP contribution in [0.1, 0.15) is 27.2 Å². The fraction of sp³-hybridized carbons (Fsp3) is 0.692. The molecular formula is C26H36O12. The van der Waals surface area contributed by atoms with Crippen LogP contribution in [-0.2, 0) is 33.3 Å². The number of ether oxygens (including phenoxy) is 5. The Hall–Kier alpha value is -2.32. The number of hydrogen-bond acceptors (Lipinski definition) is 12. The van der Waals surface area contributed by atoms with Crippen molar-refractivity contribution in [2.75, 3.05) is 19.8 Å². The monoisotopic (exact) mass is 540 g/mol. The van der Waals surface area contributed by atoms with E-state index in [1.54, 1.807) is 13.0 Å². The molecular weight excluding hydrogens is 504 g/mol. The molecule has 1 saturated carbocycles. The van der Waals surface area contributed by atoms with Gasteiger partial charge in [0.25, 0.3) is 0 Å². The van der Waals surface area contributed by atoms with E-state index >= 15 is 0 Å². The quantitative estimate of drug-likeness (QED) is 0.277. The van der Waals surface area contributed by atoms with E-state index in [1.807, 2.05) is 13.8 Å². The predicted octanol–water partition coefficient (Wildman–Crippen LogP) is -0.715. The molecule has 1 unspecified atom stereocenters. The lowest BCUT2D eigenvalue weighted by molar-refractivity contribution is -0.326. The highest BCUT2D eigenvalue weighted by molar-refractivity contribution is 5.98. The van der Waals surface area contributed by atoms with Gasteiger partial charge in [-0.15, -0.1) is 0 Å². The van der Waals surface area contributed by atoms with E-state index in [4.69, 9.17) is 23.7 Å². The van der Waals surface area contributed by atoms with E-state index in [9.17, 15) is 35.1 Å². The zero-order chi connectivity index (χ0) is 27.7. The first-order valence-corrected chi connectivity index (χ1v) is 12.8. The molecule has 0 aromatic carbocycles. The minimum atomic E-state index is -1.68. The maximum Gasteiger partial charge on any atom is 0.342 e. The summed E-state index contributed by atoms with van der Waals surface area (Å²) in [5.74, 6) is -1.68. The van der Waals surface area contributed by atoms with Crippen LogP contribution in [0.2, 0.25) is 0 Å². The highest BCUT2D eigenvalue weighted by Gasteiger charge is 2.48. The number of cyclic esters (lactones) is 1. The first-order valence-electron chi connectivity index (χ1n) is 12.8. The number of allylic oxidation sites excluding steroid dienone is 1. The molecule has 3 heterocycles. The van der Waals surface area contributed by atoms with Gasteiger partial charge in [0.05, 0.1) is 13.2 Å². The summed E-state index contributed by atoms with van der Waals surface area (Å²) in [6, 6.07) is 0. The number of esters is 2. The summed E-state index contributed by atoms with van der Waals surface area (Å²) in [5.41, 5.74) is 0.333. The van der Waals surface area contributed by atoms with Gasteiger partial charge in [0.15, 0.2) is 6.29 Å². The summed E-state index contributed by atoms with van der Waals surface area (Å²) in [7, 11) is 0. The Bertz CT molecular complexity index is 987. The number of carbonyl (C=O) groups is 2. The van der Waals surface area contributed by atoms with Crippen LogP contribution >= 0.6 is 0 Å². The lowest BCUT2D eigenvalue weighted by atomic mass is 9.83. The molecule has 4 aliphatic rings. The number of fused-ring (bicyclic) bond motifs is 3. The SMILES string of the molecule is CC=C1C2=CC(=O)OC[C@@H]3[C@@H](C)[C@@H](C[C@H]3[C@@H](C)CO)OC(=O)C2=COC1O[C@@H]1O[C@H](CO)[C@@H](O)[C@H](O)[C@H]1O. The van der Waals surface area contributed by atoms with Crippen molar-refractivity contribution >= 4 is 11.9 Å². The lowest BCUT2D eigenvalue weighted by Gasteiger charge is -2.41. The number of aliphatic hydroxyl groups is 5. The minimum absolute atomic E-state index is 0.00229. The largest absolute Gasteiger partial charge is 0.467 e. The normalized spacial score (nSPS) is 41.6. The van der Waals surface area contributed by atoms with Crippen LogP contribution in [0.5, 0.6) is 0 Å². The van der Waals surface area contributed by atoms with Crippen molar-refractivity contribution in [1.82, 2.24) is 0 Å². The molecule has 5 N–H and O–H groups in total. The summed E-state index contributed by atoms with van der Waals surface area (Å²) in [6.45, 7) is 4.88. The summed E-state index contributed by atoms with van der Waals surface area (Å²) in [4.78, 5) is 26.2. The zero-order valence-electron chi connectivity index (χ0n) is 21.5. The van der Waals surface area contributed by atoms with Gasteiger partial charge >= 0.3 is 11.9 Å². The summed E-state index contributed by atoms with van der Waals surface area (Å²) in [6.07, 6.45) is -5.06. The van der Waals surface area contributed by atoms with Gasteiger partial charge in [-0.2, -0.15) is 0 Å². The Morgan fingerprint density at radius 2 is 1.87 bits per heavy atom. The van der Waals surface area contributed by atoms with Crippen LogP contribution in [0.15, 0.2) is 35.1 Å². The number of aliphatic hydroxyl groups excluding tert-OH is 5. The average Bonchev–Trinajstić information content (AvgIpc) is 3.20. The molecule has 1 saturated heterocycles. The van der Waals surface area contributed by atoms with Gasteiger partial charge in [-0.25, -0.2) is 9.59 Å². The van der Waals surface area contributed by atoms with Crippen LogP contribution < -0.4 is 0 Å². The fourth-order valence-electron chi connectivity index (χ4n) is 5.65. The first kappa shape index (κ1) is 28.7. The standard InChI is InChI=1S/C26H36O12/c1-4-13-15-6-20(29)34-9-16-12(3)18(5-14(16)11(2)7-27)36-24(33)17(15)10-35-25(13)38-26-23(32)22(31)21(30)19(8-28)37-26/h4,6,10-12,14,16,18-19,21-23,25-28,30-32H,5,7-9H2,1-3H3/t11-,12+,14-,16+,18+,19+,21+,22-,23+,25?,26-/m0/s1. The van der Waals surface area contributed by atoms with Crippen LogP contribution in [0.25, 0.3) is 0 Å². The average molecular weight is 541 g/mol. The molecule has 11 atom stereocenters. The van der Waals surface area contributed by atoms with Crippen LogP contribution in [0.3, 0.4) is 0 Å². The molecule has 0 radical (unpaired) electrons. The molecule has 3 aliphatic heterocycles. The van der Waals surface area contributed by atoms with Crippen LogP contribution in [0.4, 0.5) is 0 Å². The summed E-state index contributed by atoms with van der Waals surface area (Å²) < 4.78 is 28.2. The molecule has 2 bridgehead atoms. The highest BCUT2D eigenvalue weighted by atomic mass is 16.8. The zero-order valence-corrected chi connectivity index (χ0v) is 21.5. The molecule has 12 heteroatoms. The third-order valence-corrected chi connectivity index (χ3v) is 8.08. The third kappa shape index (κ3) is 5.39. The number of rotatable bonds is 5. The number of hydrogen-bond donors (Lipinski definition) is 5. The van der Waals surface area contributed by atoms with Gasteiger partial charge in [0.1, 0.15) is 42.4 Å². The Kier molecular flexibility index (Phi) is 8.92. The van der Waals surface area contributed by atoms with Crippen LogP contribution in [-0.4, -0.2) is 100 Å². The van der Waals surface area contributed by atoms with Gasteiger partial charge in [-0.1, -0.05) is 19.9 Å². The molecule has 12 nitrogen and oxygen atoms in total.